The molecule has 1 fully saturated rings. The van der Waals surface area contributed by atoms with Gasteiger partial charge in [-0.1, -0.05) is 55.8 Å². The Balaban J connectivity index is 1.73. The summed E-state index contributed by atoms with van der Waals surface area (Å²) in [6, 6.07) is 16.1. The van der Waals surface area contributed by atoms with Crippen molar-refractivity contribution in [1.82, 2.24) is 10.2 Å². The Morgan fingerprint density at radius 1 is 1.00 bits per heavy atom. The Kier molecular flexibility index (Phi) is 8.09. The van der Waals surface area contributed by atoms with Crippen LogP contribution in [0.4, 0.5) is 5.69 Å². The molecule has 6 nitrogen and oxygen atoms in total. The van der Waals surface area contributed by atoms with Gasteiger partial charge in [0, 0.05) is 13.1 Å². The summed E-state index contributed by atoms with van der Waals surface area (Å²) < 4.78 is 26.3. The average molecular weight is 444 g/mol. The molecule has 1 atom stereocenters. The molecule has 1 saturated heterocycles. The van der Waals surface area contributed by atoms with Crippen molar-refractivity contribution in [2.75, 3.05) is 23.7 Å². The van der Waals surface area contributed by atoms with Gasteiger partial charge >= 0.3 is 0 Å². The number of amides is 1. The van der Waals surface area contributed by atoms with E-state index in [1.54, 1.807) is 24.3 Å². The Bertz CT molecular complexity index is 957. The van der Waals surface area contributed by atoms with E-state index in [0.717, 1.165) is 31.5 Å². The van der Waals surface area contributed by atoms with Gasteiger partial charge in [0.25, 0.3) is 0 Å². The van der Waals surface area contributed by atoms with Gasteiger partial charge in [0.05, 0.1) is 11.9 Å². The number of anilines is 1. The predicted molar refractivity (Wildman–Crippen MR) is 125 cm³/mol. The number of benzene rings is 2. The van der Waals surface area contributed by atoms with Crippen molar-refractivity contribution < 1.29 is 13.2 Å². The molecule has 3 rings (SSSR count). The first-order chi connectivity index (χ1) is 14.9. The van der Waals surface area contributed by atoms with Crippen molar-refractivity contribution in [3.05, 3.63) is 65.7 Å². The van der Waals surface area contributed by atoms with Crippen LogP contribution in [0.3, 0.4) is 0 Å². The Morgan fingerprint density at radius 2 is 1.61 bits per heavy atom. The molecule has 1 unspecified atom stereocenters. The number of nitrogens with one attached hydrogen (secondary N) is 1. The van der Waals surface area contributed by atoms with Gasteiger partial charge in [-0.25, -0.2) is 8.42 Å². The Hall–Kier alpha value is -2.38. The van der Waals surface area contributed by atoms with Crippen molar-refractivity contribution in [1.29, 1.82) is 0 Å². The third kappa shape index (κ3) is 6.31. The minimum atomic E-state index is -3.62. The summed E-state index contributed by atoms with van der Waals surface area (Å²) in [4.78, 5) is 15.5. The summed E-state index contributed by atoms with van der Waals surface area (Å²) >= 11 is 0. The van der Waals surface area contributed by atoms with Gasteiger partial charge in [-0.3, -0.25) is 14.0 Å². The highest BCUT2D eigenvalue weighted by Crippen LogP contribution is 2.22. The number of nitrogens with zero attached hydrogens (tertiary/aromatic N) is 2. The maximum Gasteiger partial charge on any atom is 0.244 e. The minimum Gasteiger partial charge on any atom is -0.350 e. The molecule has 0 aliphatic carbocycles. The second-order valence-corrected chi connectivity index (χ2v) is 10.0. The molecular weight excluding hydrogens is 410 g/mol. The number of carbonyl (C=O) groups excluding carboxylic acids is 1. The fourth-order valence-electron chi connectivity index (χ4n) is 4.18. The molecule has 1 aliphatic rings. The lowest BCUT2D eigenvalue weighted by Crippen LogP contribution is -2.49. The van der Waals surface area contributed by atoms with Gasteiger partial charge < -0.3 is 5.32 Å². The maximum atomic E-state index is 13.1. The zero-order valence-electron chi connectivity index (χ0n) is 18.5. The van der Waals surface area contributed by atoms with Crippen molar-refractivity contribution in [3.8, 4) is 0 Å². The molecule has 1 amide bonds. The minimum absolute atomic E-state index is 0.287. The van der Waals surface area contributed by atoms with E-state index in [4.69, 9.17) is 0 Å². The summed E-state index contributed by atoms with van der Waals surface area (Å²) in [7, 11) is -3.62. The van der Waals surface area contributed by atoms with Crippen LogP contribution >= 0.6 is 0 Å². The van der Waals surface area contributed by atoms with Crippen LogP contribution in [0.5, 0.6) is 0 Å². The van der Waals surface area contributed by atoms with E-state index in [1.165, 1.54) is 29.1 Å². The van der Waals surface area contributed by atoms with Crippen LogP contribution in [-0.2, 0) is 27.9 Å². The summed E-state index contributed by atoms with van der Waals surface area (Å²) in [5, 5.41) is 2.99. The highest BCUT2D eigenvalue weighted by molar-refractivity contribution is 7.92. The summed E-state index contributed by atoms with van der Waals surface area (Å²) in [5.41, 5.74) is 2.78. The van der Waals surface area contributed by atoms with E-state index < -0.39 is 16.1 Å². The second kappa shape index (κ2) is 10.8. The third-order valence-electron chi connectivity index (χ3n) is 5.75. The first-order valence-electron chi connectivity index (χ1n) is 11.0. The largest absolute Gasteiger partial charge is 0.350 e. The summed E-state index contributed by atoms with van der Waals surface area (Å²) in [6.45, 7) is 5.31. The number of rotatable bonds is 9. The number of sulfonamides is 1. The topological polar surface area (TPSA) is 69.7 Å². The normalized spacial score (nSPS) is 15.9. The van der Waals surface area contributed by atoms with Crippen LogP contribution in [0.1, 0.15) is 43.7 Å². The Morgan fingerprint density at radius 3 is 2.23 bits per heavy atom. The number of likely N-dealkylation sites (tertiary alicyclic amines) is 1. The molecule has 0 radical (unpaired) electrons. The first kappa shape index (κ1) is 23.3. The number of carbonyl (C=O) groups is 1. The van der Waals surface area contributed by atoms with E-state index in [1.807, 2.05) is 31.2 Å². The maximum absolute atomic E-state index is 13.1. The highest BCUT2D eigenvalue weighted by Gasteiger charge is 2.31. The molecule has 31 heavy (non-hydrogen) atoms. The van der Waals surface area contributed by atoms with Crippen molar-refractivity contribution in [3.63, 3.8) is 0 Å². The SMILES string of the molecule is CCC(C(=O)NCc1ccccc1CN1CCCCC1)N(c1ccccc1)S(C)(=O)=O. The molecule has 1 heterocycles. The fourth-order valence-corrected chi connectivity index (χ4v) is 5.39. The van der Waals surface area contributed by atoms with Crippen LogP contribution in [-0.4, -0.2) is 44.6 Å². The van der Waals surface area contributed by atoms with Crippen LogP contribution < -0.4 is 9.62 Å². The predicted octanol–water partition coefficient (Wildman–Crippen LogP) is 3.53. The first-order valence-corrected chi connectivity index (χ1v) is 12.9. The molecule has 0 spiro atoms. The number of para-hydroxylation sites is 1. The van der Waals surface area contributed by atoms with Gasteiger partial charge in [0.15, 0.2) is 0 Å². The molecular formula is C24H33N3O3S. The standard InChI is InChI=1S/C24H33N3O3S/c1-3-23(27(31(2,29)30)22-14-6-4-7-15-22)24(28)25-18-20-12-8-9-13-21(20)19-26-16-10-5-11-17-26/h4,6-9,12-15,23H,3,5,10-11,16-19H2,1-2H3,(H,25,28). The highest BCUT2D eigenvalue weighted by atomic mass is 32.2. The van der Waals surface area contributed by atoms with Crippen LogP contribution in [0.25, 0.3) is 0 Å². The number of hydrogen-bond donors (Lipinski definition) is 1. The van der Waals surface area contributed by atoms with Crippen molar-refractivity contribution in [2.24, 2.45) is 0 Å². The lowest BCUT2D eigenvalue weighted by atomic mass is 10.0. The van der Waals surface area contributed by atoms with Crippen LogP contribution in [0, 0.1) is 0 Å². The third-order valence-corrected chi connectivity index (χ3v) is 6.93. The summed E-state index contributed by atoms with van der Waals surface area (Å²) in [6.07, 6.45) is 5.29. The van der Waals surface area contributed by atoms with E-state index in [0.29, 0.717) is 18.7 Å². The summed E-state index contributed by atoms with van der Waals surface area (Å²) in [5.74, 6) is -0.287. The lowest BCUT2D eigenvalue weighted by molar-refractivity contribution is -0.122. The van der Waals surface area contributed by atoms with Crippen LogP contribution in [0.2, 0.25) is 0 Å². The Labute approximate surface area is 186 Å². The molecule has 0 bridgehead atoms. The lowest BCUT2D eigenvalue weighted by Gasteiger charge is -2.30. The molecule has 2 aromatic rings. The zero-order valence-corrected chi connectivity index (χ0v) is 19.3. The number of hydrogen-bond acceptors (Lipinski definition) is 4. The number of piperidine rings is 1. The fraction of sp³-hybridized carbons (Fsp3) is 0.458. The van der Waals surface area contributed by atoms with Gasteiger partial charge in [-0.05, 0) is 55.6 Å². The monoisotopic (exact) mass is 443 g/mol. The molecule has 1 N–H and O–H groups in total. The van der Waals surface area contributed by atoms with E-state index in [2.05, 4.69) is 16.3 Å². The smallest absolute Gasteiger partial charge is 0.244 e. The van der Waals surface area contributed by atoms with Crippen LogP contribution in [0.15, 0.2) is 54.6 Å². The zero-order chi connectivity index (χ0) is 22.3. The average Bonchev–Trinajstić information content (AvgIpc) is 2.77. The molecule has 0 saturated carbocycles. The molecule has 7 heteroatoms. The molecule has 1 aliphatic heterocycles. The molecule has 168 valence electrons. The molecule has 0 aromatic heterocycles. The van der Waals surface area contributed by atoms with Gasteiger partial charge in [0.2, 0.25) is 15.9 Å². The van der Waals surface area contributed by atoms with Gasteiger partial charge in [0.1, 0.15) is 6.04 Å². The van der Waals surface area contributed by atoms with Crippen molar-refractivity contribution in [2.45, 2.75) is 51.7 Å². The van der Waals surface area contributed by atoms with Gasteiger partial charge in [-0.15, -0.1) is 0 Å². The molecule has 2 aromatic carbocycles. The van der Waals surface area contributed by atoms with E-state index in [9.17, 15) is 13.2 Å². The van der Waals surface area contributed by atoms with Crippen molar-refractivity contribution >= 4 is 21.6 Å². The second-order valence-electron chi connectivity index (χ2n) is 8.14. The van der Waals surface area contributed by atoms with E-state index >= 15 is 0 Å². The quantitative estimate of drug-likeness (QED) is 0.644. The van der Waals surface area contributed by atoms with E-state index in [-0.39, 0.29) is 5.91 Å². The van der Waals surface area contributed by atoms with Gasteiger partial charge in [-0.2, -0.15) is 0 Å².